The average Bonchev–Trinajstić information content (AvgIpc) is 3.07. The molecule has 1 aliphatic rings. The summed E-state index contributed by atoms with van der Waals surface area (Å²) in [6.07, 6.45) is 5.27. The molecule has 0 aromatic heterocycles. The van der Waals surface area contributed by atoms with Crippen LogP contribution in [0.1, 0.15) is 60.0 Å². The van der Waals surface area contributed by atoms with Crippen molar-refractivity contribution in [3.05, 3.63) is 58.1 Å². The van der Waals surface area contributed by atoms with E-state index in [0.29, 0.717) is 6.04 Å². The van der Waals surface area contributed by atoms with E-state index in [4.69, 9.17) is 17.0 Å². The molecule has 0 spiro atoms. The Hall–Kier alpha value is -1.91. The fraction of sp³-hybridized carbons (Fsp3) is 0.500. The number of hydrogen-bond acceptors (Lipinski definition) is 4. The quantitative estimate of drug-likeness (QED) is 0.485. The number of anilines is 2. The van der Waals surface area contributed by atoms with Crippen LogP contribution in [0, 0.1) is 13.8 Å². The molecule has 0 heterocycles. The number of nitrogens with one attached hydrogen (secondary N) is 1. The maximum absolute atomic E-state index is 5.72. The van der Waals surface area contributed by atoms with Crippen LogP contribution in [0.25, 0.3) is 0 Å². The summed E-state index contributed by atoms with van der Waals surface area (Å²) in [5, 5.41) is 3.79. The van der Waals surface area contributed by atoms with Gasteiger partial charge in [-0.05, 0) is 91.3 Å². The number of ether oxygens (including phenoxy) is 1. The number of nitrogens with zero attached hydrogens (tertiary/aromatic N) is 1. The van der Waals surface area contributed by atoms with Gasteiger partial charge in [-0.15, -0.1) is 0 Å². The maximum Gasteiger partial charge on any atom is 0.0546 e. The molecule has 0 fully saturated rings. The van der Waals surface area contributed by atoms with Crippen molar-refractivity contribution in [1.29, 1.82) is 0 Å². The van der Waals surface area contributed by atoms with Crippen LogP contribution in [0.2, 0.25) is 0 Å². The van der Waals surface area contributed by atoms with Crippen molar-refractivity contribution >= 4 is 28.5 Å². The van der Waals surface area contributed by atoms with Gasteiger partial charge in [-0.2, -0.15) is 0 Å². The van der Waals surface area contributed by atoms with Gasteiger partial charge in [-0.3, -0.25) is 0 Å². The molecule has 0 radical (unpaired) electrons. The van der Waals surface area contributed by atoms with E-state index in [1.807, 2.05) is 0 Å². The lowest BCUT2D eigenvalue weighted by Gasteiger charge is -2.23. The van der Waals surface area contributed by atoms with Gasteiger partial charge in [0.15, 0.2) is 0 Å². The first-order chi connectivity index (χ1) is 14.3. The molecular weight excluding hydrogens is 388 g/mol. The molecule has 0 saturated heterocycles. The minimum Gasteiger partial charge on any atom is -0.382 e. The number of thiocarbonyl (C=S) groups is 1. The second-order valence-corrected chi connectivity index (χ2v) is 9.53. The van der Waals surface area contributed by atoms with E-state index in [0.717, 1.165) is 37.0 Å². The van der Waals surface area contributed by atoms with Crippen molar-refractivity contribution in [2.75, 3.05) is 31.4 Å². The molecule has 3 rings (SSSR count). The van der Waals surface area contributed by atoms with Crippen molar-refractivity contribution < 1.29 is 4.74 Å². The number of fused-ring (bicyclic) bond motifs is 1. The fourth-order valence-electron chi connectivity index (χ4n) is 4.63. The summed E-state index contributed by atoms with van der Waals surface area (Å²) >= 11 is 5.72. The van der Waals surface area contributed by atoms with Gasteiger partial charge in [0.25, 0.3) is 0 Å². The Kier molecular flexibility index (Phi) is 7.54. The second-order valence-electron chi connectivity index (χ2n) is 8.95. The van der Waals surface area contributed by atoms with Gasteiger partial charge in [0.2, 0.25) is 0 Å². The lowest BCUT2D eigenvalue weighted by atomic mass is 9.96. The van der Waals surface area contributed by atoms with Gasteiger partial charge in [0.1, 0.15) is 0 Å². The Morgan fingerprint density at radius 3 is 2.53 bits per heavy atom. The highest BCUT2D eigenvalue weighted by Gasteiger charge is 2.27. The number of methoxy groups -OCH3 is 1. The summed E-state index contributed by atoms with van der Waals surface area (Å²) in [5.41, 5.74) is 9.44. The van der Waals surface area contributed by atoms with Crippen LogP contribution >= 0.6 is 12.2 Å². The summed E-state index contributed by atoms with van der Waals surface area (Å²) in [4.78, 5) is 3.39. The highest BCUT2D eigenvalue weighted by atomic mass is 32.1. The Balaban J connectivity index is 1.81. The molecule has 4 heteroatoms. The minimum absolute atomic E-state index is 0.258. The van der Waals surface area contributed by atoms with Gasteiger partial charge < -0.3 is 15.0 Å². The van der Waals surface area contributed by atoms with Crippen molar-refractivity contribution in [3.8, 4) is 0 Å². The van der Waals surface area contributed by atoms with Crippen LogP contribution in [0.3, 0.4) is 0 Å². The first kappa shape index (κ1) is 22.8. The van der Waals surface area contributed by atoms with Crippen LogP contribution in [0.4, 0.5) is 11.4 Å². The molecule has 0 bridgehead atoms. The molecule has 1 N–H and O–H groups in total. The molecule has 2 aromatic carbocycles. The molecule has 30 heavy (non-hydrogen) atoms. The highest BCUT2D eigenvalue weighted by Crippen LogP contribution is 2.41. The third-order valence-corrected chi connectivity index (χ3v) is 6.44. The largest absolute Gasteiger partial charge is 0.382 e. The molecule has 2 unspecified atom stereocenters. The Morgan fingerprint density at radius 1 is 1.20 bits per heavy atom. The van der Waals surface area contributed by atoms with Gasteiger partial charge >= 0.3 is 0 Å². The SMILES string of the molecule is COC(C)CCC(=S)Cc1ccc2c(c1N(C)C)CCC2Nc1cc(C)cc(C)c1. The predicted molar refractivity (Wildman–Crippen MR) is 133 cm³/mol. The summed E-state index contributed by atoms with van der Waals surface area (Å²) in [6, 6.07) is 11.7. The van der Waals surface area contributed by atoms with Crippen molar-refractivity contribution in [2.45, 2.75) is 65.0 Å². The smallest absolute Gasteiger partial charge is 0.0546 e. The zero-order valence-electron chi connectivity index (χ0n) is 19.3. The molecule has 2 atom stereocenters. The van der Waals surface area contributed by atoms with Crippen LogP contribution in [0.15, 0.2) is 30.3 Å². The van der Waals surface area contributed by atoms with Crippen molar-refractivity contribution in [3.63, 3.8) is 0 Å². The lowest BCUT2D eigenvalue weighted by Crippen LogP contribution is -2.16. The fourth-order valence-corrected chi connectivity index (χ4v) is 4.90. The number of aryl methyl sites for hydroxylation is 2. The normalized spacial score (nSPS) is 16.3. The molecule has 0 amide bonds. The first-order valence-electron chi connectivity index (χ1n) is 11.0. The molecule has 0 aliphatic heterocycles. The molecule has 162 valence electrons. The molecular formula is C26H36N2OS. The van der Waals surface area contributed by atoms with E-state index in [1.165, 1.54) is 39.2 Å². The van der Waals surface area contributed by atoms with Gasteiger partial charge in [-0.25, -0.2) is 0 Å². The summed E-state index contributed by atoms with van der Waals surface area (Å²) in [7, 11) is 6.07. The second kappa shape index (κ2) is 9.93. The van der Waals surface area contributed by atoms with Crippen LogP contribution in [-0.4, -0.2) is 32.2 Å². The van der Waals surface area contributed by atoms with Gasteiger partial charge in [-0.1, -0.05) is 30.4 Å². The van der Waals surface area contributed by atoms with Crippen LogP contribution in [-0.2, 0) is 17.6 Å². The molecule has 0 saturated carbocycles. The Bertz CT molecular complexity index is 886. The summed E-state index contributed by atoms with van der Waals surface area (Å²) in [5.74, 6) is 0. The molecule has 2 aromatic rings. The van der Waals surface area contributed by atoms with E-state index >= 15 is 0 Å². The summed E-state index contributed by atoms with van der Waals surface area (Å²) in [6.45, 7) is 6.42. The molecule has 3 nitrogen and oxygen atoms in total. The Labute approximate surface area is 187 Å². The lowest BCUT2D eigenvalue weighted by molar-refractivity contribution is 0.113. The molecule has 1 aliphatic carbocycles. The topological polar surface area (TPSA) is 24.5 Å². The van der Waals surface area contributed by atoms with Gasteiger partial charge in [0.05, 0.1) is 12.1 Å². The first-order valence-corrected chi connectivity index (χ1v) is 11.4. The van der Waals surface area contributed by atoms with Crippen molar-refractivity contribution in [2.24, 2.45) is 0 Å². The van der Waals surface area contributed by atoms with E-state index in [1.54, 1.807) is 7.11 Å². The van der Waals surface area contributed by atoms with E-state index in [-0.39, 0.29) is 6.10 Å². The van der Waals surface area contributed by atoms with Gasteiger partial charge in [0, 0.05) is 39.0 Å². The monoisotopic (exact) mass is 424 g/mol. The average molecular weight is 425 g/mol. The zero-order valence-corrected chi connectivity index (χ0v) is 20.2. The Morgan fingerprint density at radius 2 is 1.90 bits per heavy atom. The van der Waals surface area contributed by atoms with E-state index < -0.39 is 0 Å². The number of benzene rings is 2. The zero-order chi connectivity index (χ0) is 21.8. The third-order valence-electron chi connectivity index (χ3n) is 6.09. The summed E-state index contributed by atoms with van der Waals surface area (Å²) < 4.78 is 5.37. The van der Waals surface area contributed by atoms with Crippen LogP contribution < -0.4 is 10.2 Å². The minimum atomic E-state index is 0.258. The number of hydrogen-bond donors (Lipinski definition) is 1. The third kappa shape index (κ3) is 5.41. The van der Waals surface area contributed by atoms with Crippen LogP contribution in [0.5, 0.6) is 0 Å². The maximum atomic E-state index is 5.72. The van der Waals surface area contributed by atoms with Crippen molar-refractivity contribution in [1.82, 2.24) is 0 Å². The van der Waals surface area contributed by atoms with E-state index in [2.05, 4.69) is 75.4 Å². The standard InChI is InChI=1S/C26H36N2OS/c1-17-13-18(2)15-21(14-17)27-25-12-11-24-23(25)10-8-20(26(24)28(4)5)16-22(30)9-7-19(3)29-6/h8,10,13-15,19,25,27H,7,9,11-12,16H2,1-6H3. The number of rotatable bonds is 9. The van der Waals surface area contributed by atoms with E-state index in [9.17, 15) is 0 Å². The predicted octanol–water partition coefficient (Wildman–Crippen LogP) is 6.20. The highest BCUT2D eigenvalue weighted by molar-refractivity contribution is 7.80.